The topological polar surface area (TPSA) is 21.3 Å². The summed E-state index contributed by atoms with van der Waals surface area (Å²) >= 11 is 0. The minimum atomic E-state index is 0.232. The predicted octanol–water partition coefficient (Wildman–Crippen LogP) is 4.95. The number of hydrogen-bond donors (Lipinski definition) is 1. The molecule has 118 valence electrons. The molecule has 0 amide bonds. The monoisotopic (exact) mass is 289 g/mol. The lowest BCUT2D eigenvalue weighted by atomic mass is 9.77. The van der Waals surface area contributed by atoms with Crippen LogP contribution in [-0.4, -0.2) is 12.1 Å². The number of hydrogen-bond acceptors (Lipinski definition) is 2. The van der Waals surface area contributed by atoms with Gasteiger partial charge in [-0.1, -0.05) is 38.8 Å². The maximum absolute atomic E-state index is 5.71. The average molecular weight is 289 g/mol. The molecule has 0 heterocycles. The summed E-state index contributed by atoms with van der Waals surface area (Å²) in [5.41, 5.74) is 1.34. The van der Waals surface area contributed by atoms with E-state index >= 15 is 0 Å². The third-order valence-corrected chi connectivity index (χ3v) is 4.92. The van der Waals surface area contributed by atoms with Gasteiger partial charge in [-0.2, -0.15) is 0 Å². The molecule has 1 N–H and O–H groups in total. The van der Waals surface area contributed by atoms with E-state index in [2.05, 4.69) is 64.2 Å². The Labute approximate surface area is 130 Å². The summed E-state index contributed by atoms with van der Waals surface area (Å²) in [6.07, 6.45) is 4.28. The molecule has 4 unspecified atom stereocenters. The molecule has 2 heteroatoms. The highest BCUT2D eigenvalue weighted by atomic mass is 16.5. The van der Waals surface area contributed by atoms with Crippen molar-refractivity contribution in [3.8, 4) is 5.75 Å². The van der Waals surface area contributed by atoms with Crippen LogP contribution in [0.25, 0.3) is 0 Å². The van der Waals surface area contributed by atoms with Gasteiger partial charge in [-0.15, -0.1) is 0 Å². The minimum Gasteiger partial charge on any atom is -0.491 e. The van der Waals surface area contributed by atoms with E-state index in [0.717, 1.165) is 17.6 Å². The van der Waals surface area contributed by atoms with Crippen molar-refractivity contribution in [2.24, 2.45) is 11.8 Å². The summed E-state index contributed by atoms with van der Waals surface area (Å²) in [4.78, 5) is 0. The quantitative estimate of drug-likeness (QED) is 0.828. The molecule has 1 aromatic rings. The van der Waals surface area contributed by atoms with Gasteiger partial charge in [0.1, 0.15) is 5.75 Å². The van der Waals surface area contributed by atoms with Crippen molar-refractivity contribution in [3.05, 3.63) is 29.8 Å². The molecule has 2 nitrogen and oxygen atoms in total. The second-order valence-electron chi connectivity index (χ2n) is 7.00. The molecule has 4 atom stereocenters. The first-order chi connectivity index (χ1) is 9.97. The van der Waals surface area contributed by atoms with Crippen molar-refractivity contribution < 1.29 is 4.74 Å². The van der Waals surface area contributed by atoms with Gasteiger partial charge < -0.3 is 10.1 Å². The van der Waals surface area contributed by atoms with Crippen LogP contribution >= 0.6 is 0 Å². The van der Waals surface area contributed by atoms with Crippen LogP contribution in [-0.2, 0) is 0 Å². The fourth-order valence-corrected chi connectivity index (χ4v) is 3.34. The van der Waals surface area contributed by atoms with E-state index in [1.807, 2.05) is 0 Å². The van der Waals surface area contributed by atoms with Crippen LogP contribution in [0.3, 0.4) is 0 Å². The highest BCUT2D eigenvalue weighted by Crippen LogP contribution is 2.31. The number of rotatable bonds is 5. The zero-order valence-corrected chi connectivity index (χ0v) is 14.2. The Morgan fingerprint density at radius 1 is 1.05 bits per heavy atom. The van der Waals surface area contributed by atoms with Crippen LogP contribution in [0.1, 0.15) is 65.5 Å². The molecule has 0 aromatic heterocycles. The third-order valence-electron chi connectivity index (χ3n) is 4.92. The van der Waals surface area contributed by atoms with Crippen LogP contribution in [0.15, 0.2) is 24.3 Å². The maximum Gasteiger partial charge on any atom is 0.119 e. The van der Waals surface area contributed by atoms with Gasteiger partial charge in [-0.05, 0) is 56.7 Å². The molecule has 0 spiro atoms. The van der Waals surface area contributed by atoms with Gasteiger partial charge in [0, 0.05) is 12.1 Å². The summed E-state index contributed by atoms with van der Waals surface area (Å²) in [5.74, 6) is 2.57. The van der Waals surface area contributed by atoms with Crippen molar-refractivity contribution in [1.29, 1.82) is 0 Å². The lowest BCUT2D eigenvalue weighted by Gasteiger charge is -2.36. The van der Waals surface area contributed by atoms with Gasteiger partial charge in [-0.3, -0.25) is 0 Å². The van der Waals surface area contributed by atoms with E-state index in [0.29, 0.717) is 12.1 Å². The van der Waals surface area contributed by atoms with Gasteiger partial charge in [0.25, 0.3) is 0 Å². The highest BCUT2D eigenvalue weighted by molar-refractivity contribution is 5.29. The summed E-state index contributed by atoms with van der Waals surface area (Å²) in [5, 5.41) is 3.83. The highest BCUT2D eigenvalue weighted by Gasteiger charge is 2.27. The number of benzene rings is 1. The van der Waals surface area contributed by atoms with E-state index in [9.17, 15) is 0 Å². The molecule has 0 bridgehead atoms. The molecule has 1 fully saturated rings. The Morgan fingerprint density at radius 2 is 1.71 bits per heavy atom. The van der Waals surface area contributed by atoms with E-state index in [-0.39, 0.29) is 6.10 Å². The van der Waals surface area contributed by atoms with Gasteiger partial charge in [-0.25, -0.2) is 0 Å². The zero-order valence-electron chi connectivity index (χ0n) is 14.2. The van der Waals surface area contributed by atoms with Crippen molar-refractivity contribution in [1.82, 2.24) is 5.32 Å². The van der Waals surface area contributed by atoms with Crippen LogP contribution in [0.2, 0.25) is 0 Å². The van der Waals surface area contributed by atoms with Crippen molar-refractivity contribution in [2.45, 2.75) is 72.1 Å². The predicted molar refractivity (Wildman–Crippen MR) is 89.7 cm³/mol. The maximum atomic E-state index is 5.71. The fourth-order valence-electron chi connectivity index (χ4n) is 3.34. The SMILES string of the molecule is CC(C)Oc1ccc(C(C)NC2CCCC(C)C2C)cc1. The lowest BCUT2D eigenvalue weighted by Crippen LogP contribution is -2.41. The second-order valence-corrected chi connectivity index (χ2v) is 7.00. The van der Waals surface area contributed by atoms with Gasteiger partial charge in [0.2, 0.25) is 0 Å². The van der Waals surface area contributed by atoms with Gasteiger partial charge in [0.05, 0.1) is 6.10 Å². The molecular weight excluding hydrogens is 258 g/mol. The molecule has 1 saturated carbocycles. The first-order valence-corrected chi connectivity index (χ1v) is 8.50. The average Bonchev–Trinajstić information content (AvgIpc) is 2.44. The molecule has 1 aliphatic carbocycles. The summed E-state index contributed by atoms with van der Waals surface area (Å²) < 4.78 is 5.71. The molecule has 2 rings (SSSR count). The van der Waals surface area contributed by atoms with Crippen LogP contribution in [0.5, 0.6) is 5.75 Å². The normalized spacial score (nSPS) is 27.6. The smallest absolute Gasteiger partial charge is 0.119 e. The third kappa shape index (κ3) is 4.47. The molecule has 1 aliphatic rings. The Bertz CT molecular complexity index is 426. The van der Waals surface area contributed by atoms with Crippen LogP contribution in [0.4, 0.5) is 0 Å². The summed E-state index contributed by atoms with van der Waals surface area (Å²) in [6, 6.07) is 9.59. The fraction of sp³-hybridized carbons (Fsp3) is 0.684. The Kier molecular flexibility index (Phi) is 5.69. The summed E-state index contributed by atoms with van der Waals surface area (Å²) in [7, 11) is 0. The molecule has 1 aromatic carbocycles. The van der Waals surface area contributed by atoms with E-state index < -0.39 is 0 Å². The zero-order chi connectivity index (χ0) is 15.4. The summed E-state index contributed by atoms with van der Waals surface area (Å²) in [6.45, 7) is 11.2. The van der Waals surface area contributed by atoms with Crippen molar-refractivity contribution >= 4 is 0 Å². The molecule has 0 radical (unpaired) electrons. The number of nitrogens with one attached hydrogen (secondary N) is 1. The van der Waals surface area contributed by atoms with Crippen molar-refractivity contribution in [3.63, 3.8) is 0 Å². The molecule has 0 aliphatic heterocycles. The Balaban J connectivity index is 1.95. The van der Waals surface area contributed by atoms with E-state index in [1.165, 1.54) is 24.8 Å². The van der Waals surface area contributed by atoms with Crippen LogP contribution < -0.4 is 10.1 Å². The minimum absolute atomic E-state index is 0.232. The Morgan fingerprint density at radius 3 is 2.33 bits per heavy atom. The molecule has 0 saturated heterocycles. The molecule has 21 heavy (non-hydrogen) atoms. The van der Waals surface area contributed by atoms with Crippen molar-refractivity contribution in [2.75, 3.05) is 0 Å². The standard InChI is InChI=1S/C19H31NO/c1-13(2)21-18-11-9-17(10-12-18)16(5)20-19-8-6-7-14(3)15(19)4/h9-16,19-20H,6-8H2,1-5H3. The molecular formula is C19H31NO. The van der Waals surface area contributed by atoms with Gasteiger partial charge >= 0.3 is 0 Å². The lowest BCUT2D eigenvalue weighted by molar-refractivity contribution is 0.196. The number of ether oxygens (including phenoxy) is 1. The van der Waals surface area contributed by atoms with Gasteiger partial charge in [0.15, 0.2) is 0 Å². The van der Waals surface area contributed by atoms with E-state index in [4.69, 9.17) is 4.74 Å². The Hall–Kier alpha value is -1.02. The largest absolute Gasteiger partial charge is 0.491 e. The van der Waals surface area contributed by atoms with Crippen LogP contribution in [0, 0.1) is 11.8 Å². The van der Waals surface area contributed by atoms with E-state index in [1.54, 1.807) is 0 Å². The first kappa shape index (κ1) is 16.4. The first-order valence-electron chi connectivity index (χ1n) is 8.50. The second kappa shape index (κ2) is 7.31.